The van der Waals surface area contributed by atoms with Gasteiger partial charge in [-0.3, -0.25) is 0 Å². The summed E-state index contributed by atoms with van der Waals surface area (Å²) in [6, 6.07) is 10.7. The summed E-state index contributed by atoms with van der Waals surface area (Å²) < 4.78 is 0. The summed E-state index contributed by atoms with van der Waals surface area (Å²) in [5.74, 6) is 0. The molecule has 0 fully saturated rings. The molecule has 0 radical (unpaired) electrons. The van der Waals surface area contributed by atoms with Crippen LogP contribution in [-0.2, 0) is 6.42 Å². The molecule has 0 aliphatic heterocycles. The van der Waals surface area contributed by atoms with Crippen molar-refractivity contribution in [1.82, 2.24) is 0 Å². The molecule has 1 aromatic carbocycles. The Morgan fingerprint density at radius 3 is 2.54 bits per heavy atom. The molecule has 0 N–H and O–H groups in total. The fourth-order valence-corrected chi connectivity index (χ4v) is 1.44. The number of benzene rings is 1. The first kappa shape index (κ1) is 10.2. The Hall–Kier alpha value is -0.910. The maximum atomic E-state index is 2.41. The van der Waals surface area contributed by atoms with Crippen LogP contribution in [0.15, 0.2) is 30.3 Å². The second kappa shape index (κ2) is 6.59. The van der Waals surface area contributed by atoms with Gasteiger partial charge in [-0.1, -0.05) is 37.3 Å². The predicted octanol–water partition coefficient (Wildman–Crippen LogP) is 4.01. The van der Waals surface area contributed by atoms with Gasteiger partial charge in [0.25, 0.3) is 0 Å². The third kappa shape index (κ3) is 4.62. The lowest BCUT2D eigenvalue weighted by Crippen LogP contribution is -1.85. The average Bonchev–Trinajstić information content (AvgIpc) is 2.19. The van der Waals surface area contributed by atoms with Crippen LogP contribution in [0.1, 0.15) is 38.2 Å². The zero-order valence-electron chi connectivity index (χ0n) is 8.50. The number of rotatable bonds is 6. The maximum Gasteiger partial charge on any atom is 0.0878 e. The summed E-state index contributed by atoms with van der Waals surface area (Å²) >= 11 is 0. The Morgan fingerprint density at radius 2 is 1.85 bits per heavy atom. The van der Waals surface area contributed by atoms with E-state index in [1.165, 1.54) is 37.7 Å². The standard InChI is InChI=1S/C13H19/c1-2-3-4-5-7-10-13-11-8-6-9-12-13/h4,6,8-9,11-12H,2-3,5,7,10H2,1H3/q+1. The molecule has 0 spiro atoms. The Labute approximate surface area is 82.0 Å². The van der Waals surface area contributed by atoms with Crippen molar-refractivity contribution in [2.75, 3.05) is 0 Å². The molecule has 0 nitrogen and oxygen atoms in total. The lowest BCUT2D eigenvalue weighted by Gasteiger charge is -1.96. The van der Waals surface area contributed by atoms with Crippen molar-refractivity contribution in [1.29, 1.82) is 0 Å². The minimum Gasteiger partial charge on any atom is -0.0622 e. The minimum absolute atomic E-state index is 1.22. The van der Waals surface area contributed by atoms with Crippen molar-refractivity contribution in [3.8, 4) is 0 Å². The fraction of sp³-hybridized carbons (Fsp3) is 0.462. The van der Waals surface area contributed by atoms with E-state index in [0.29, 0.717) is 0 Å². The van der Waals surface area contributed by atoms with Crippen LogP contribution in [-0.4, -0.2) is 0 Å². The first-order valence-corrected chi connectivity index (χ1v) is 5.29. The lowest BCUT2D eigenvalue weighted by atomic mass is 10.1. The molecule has 0 amide bonds. The van der Waals surface area contributed by atoms with Crippen LogP contribution >= 0.6 is 0 Å². The minimum atomic E-state index is 1.22. The van der Waals surface area contributed by atoms with Crippen molar-refractivity contribution >= 4 is 0 Å². The van der Waals surface area contributed by atoms with Crippen LogP contribution in [0, 0.1) is 6.42 Å². The summed E-state index contributed by atoms with van der Waals surface area (Å²) in [6.07, 6.45) is 8.75. The predicted molar refractivity (Wildman–Crippen MR) is 58.6 cm³/mol. The highest BCUT2D eigenvalue weighted by Gasteiger charge is 1.97. The quantitative estimate of drug-likeness (QED) is 0.452. The van der Waals surface area contributed by atoms with E-state index in [-0.39, 0.29) is 0 Å². The Morgan fingerprint density at radius 1 is 1.08 bits per heavy atom. The lowest BCUT2D eigenvalue weighted by molar-refractivity contribution is 0.752. The maximum absolute atomic E-state index is 2.41. The zero-order valence-corrected chi connectivity index (χ0v) is 8.50. The summed E-state index contributed by atoms with van der Waals surface area (Å²) in [5.41, 5.74) is 1.47. The first-order valence-electron chi connectivity index (χ1n) is 5.29. The van der Waals surface area contributed by atoms with Crippen molar-refractivity contribution in [2.45, 2.75) is 39.0 Å². The molecule has 1 rings (SSSR count). The average molecular weight is 175 g/mol. The summed E-state index contributed by atoms with van der Waals surface area (Å²) in [6.45, 7) is 2.23. The van der Waals surface area contributed by atoms with Crippen LogP contribution in [0.2, 0.25) is 0 Å². The number of aryl methyl sites for hydroxylation is 1. The van der Waals surface area contributed by atoms with Gasteiger partial charge in [0.1, 0.15) is 0 Å². The van der Waals surface area contributed by atoms with E-state index < -0.39 is 0 Å². The van der Waals surface area contributed by atoms with Crippen LogP contribution < -0.4 is 0 Å². The van der Waals surface area contributed by atoms with Gasteiger partial charge in [0, 0.05) is 0 Å². The Bertz CT molecular complexity index is 201. The second-order valence-electron chi connectivity index (χ2n) is 3.46. The van der Waals surface area contributed by atoms with E-state index in [0.717, 1.165) is 0 Å². The number of hydrogen-bond donors (Lipinski definition) is 0. The van der Waals surface area contributed by atoms with Crippen molar-refractivity contribution < 1.29 is 0 Å². The van der Waals surface area contributed by atoms with Crippen LogP contribution in [0.3, 0.4) is 0 Å². The molecule has 13 heavy (non-hydrogen) atoms. The molecular weight excluding hydrogens is 156 g/mol. The molecule has 0 aromatic heterocycles. The van der Waals surface area contributed by atoms with E-state index in [9.17, 15) is 0 Å². The van der Waals surface area contributed by atoms with Crippen molar-refractivity contribution in [3.05, 3.63) is 42.3 Å². The van der Waals surface area contributed by atoms with Gasteiger partial charge in [0.05, 0.1) is 19.3 Å². The highest BCUT2D eigenvalue weighted by Crippen LogP contribution is 2.07. The topological polar surface area (TPSA) is 0 Å². The van der Waals surface area contributed by atoms with Gasteiger partial charge >= 0.3 is 0 Å². The summed E-state index contributed by atoms with van der Waals surface area (Å²) in [7, 11) is 0. The molecule has 0 unspecified atom stereocenters. The van der Waals surface area contributed by atoms with E-state index in [2.05, 4.69) is 43.7 Å². The van der Waals surface area contributed by atoms with Crippen molar-refractivity contribution in [2.24, 2.45) is 0 Å². The number of unbranched alkanes of at least 4 members (excludes halogenated alkanes) is 4. The van der Waals surface area contributed by atoms with E-state index >= 15 is 0 Å². The molecule has 0 heterocycles. The highest BCUT2D eigenvalue weighted by molar-refractivity contribution is 5.14. The SMILES string of the molecule is CCC[CH+]CCCc1ccccc1. The highest BCUT2D eigenvalue weighted by atomic mass is 14.0. The van der Waals surface area contributed by atoms with Gasteiger partial charge < -0.3 is 0 Å². The van der Waals surface area contributed by atoms with Gasteiger partial charge in [-0.05, 0) is 24.8 Å². The molecule has 0 heteroatoms. The molecular formula is C13H19+. The Balaban J connectivity index is 2.07. The van der Waals surface area contributed by atoms with Gasteiger partial charge in [-0.25, -0.2) is 0 Å². The van der Waals surface area contributed by atoms with Crippen LogP contribution in [0.4, 0.5) is 0 Å². The molecule has 0 atom stereocenters. The molecule has 0 saturated carbocycles. The van der Waals surface area contributed by atoms with Gasteiger partial charge in [0.15, 0.2) is 0 Å². The monoisotopic (exact) mass is 175 g/mol. The molecule has 0 bridgehead atoms. The third-order valence-electron chi connectivity index (χ3n) is 2.21. The smallest absolute Gasteiger partial charge is 0.0622 e. The van der Waals surface area contributed by atoms with Gasteiger partial charge in [-0.15, -0.1) is 0 Å². The molecule has 0 aliphatic carbocycles. The van der Waals surface area contributed by atoms with E-state index in [1.54, 1.807) is 0 Å². The van der Waals surface area contributed by atoms with Crippen LogP contribution in [0.5, 0.6) is 0 Å². The molecule has 70 valence electrons. The normalized spacial score (nSPS) is 9.92. The molecule has 0 saturated heterocycles. The summed E-state index contributed by atoms with van der Waals surface area (Å²) in [5, 5.41) is 0. The molecule has 1 aromatic rings. The number of hydrogen-bond acceptors (Lipinski definition) is 0. The Kier molecular flexibility index (Phi) is 5.16. The van der Waals surface area contributed by atoms with Crippen molar-refractivity contribution in [3.63, 3.8) is 0 Å². The van der Waals surface area contributed by atoms with E-state index in [1.807, 2.05) is 0 Å². The second-order valence-corrected chi connectivity index (χ2v) is 3.46. The van der Waals surface area contributed by atoms with E-state index in [4.69, 9.17) is 0 Å². The fourth-order valence-electron chi connectivity index (χ4n) is 1.44. The first-order chi connectivity index (χ1) is 6.43. The van der Waals surface area contributed by atoms with Gasteiger partial charge in [-0.2, -0.15) is 0 Å². The third-order valence-corrected chi connectivity index (χ3v) is 2.21. The largest absolute Gasteiger partial charge is 0.0878 e. The molecule has 0 aliphatic rings. The zero-order chi connectivity index (χ0) is 9.36. The van der Waals surface area contributed by atoms with Gasteiger partial charge in [0.2, 0.25) is 0 Å². The van der Waals surface area contributed by atoms with Crippen LogP contribution in [0.25, 0.3) is 0 Å². The summed E-state index contributed by atoms with van der Waals surface area (Å²) in [4.78, 5) is 0.